The van der Waals surface area contributed by atoms with Crippen molar-refractivity contribution in [2.75, 3.05) is 5.33 Å². The minimum atomic E-state index is 0.681. The number of hydrogen-bond donors (Lipinski definition) is 0. The highest BCUT2D eigenvalue weighted by molar-refractivity contribution is 9.09. The van der Waals surface area contributed by atoms with E-state index in [0.29, 0.717) is 5.92 Å². The average molecular weight is 245 g/mol. The van der Waals surface area contributed by atoms with E-state index in [1.807, 2.05) is 11.7 Å². The molecule has 1 atom stereocenters. The quantitative estimate of drug-likeness (QED) is 0.745. The van der Waals surface area contributed by atoms with Gasteiger partial charge in [0.2, 0.25) is 0 Å². The highest BCUT2D eigenvalue weighted by Crippen LogP contribution is 2.11. The van der Waals surface area contributed by atoms with E-state index >= 15 is 0 Å². The third kappa shape index (κ3) is 2.83. The number of hydrogen-bond acceptors (Lipinski definition) is 1. The Kier molecular flexibility index (Phi) is 3.97. The maximum Gasteiger partial charge on any atom is 0.0624 e. The molecule has 0 radical (unpaired) electrons. The summed E-state index contributed by atoms with van der Waals surface area (Å²) in [5, 5.41) is 5.47. The highest BCUT2D eigenvalue weighted by Gasteiger charge is 2.07. The second-order valence-corrected chi connectivity index (χ2v) is 4.22. The van der Waals surface area contributed by atoms with Gasteiger partial charge in [-0.15, -0.1) is 0 Å². The largest absolute Gasteiger partial charge is 0.272 e. The Morgan fingerprint density at radius 2 is 2.31 bits per heavy atom. The third-order valence-corrected chi connectivity index (χ3v) is 3.32. The zero-order chi connectivity index (χ0) is 9.84. The van der Waals surface area contributed by atoms with Crippen molar-refractivity contribution < 1.29 is 0 Å². The Hall–Kier alpha value is -0.310. The molecule has 1 heterocycles. The fourth-order valence-electron chi connectivity index (χ4n) is 1.35. The molecule has 0 aliphatic rings. The molecule has 0 aliphatic heterocycles. The van der Waals surface area contributed by atoms with E-state index in [1.54, 1.807) is 0 Å². The van der Waals surface area contributed by atoms with Gasteiger partial charge in [-0.3, -0.25) is 4.68 Å². The Labute approximate surface area is 88.5 Å². The normalized spacial score (nSPS) is 13.2. The first-order valence-corrected chi connectivity index (χ1v) is 5.87. The second kappa shape index (κ2) is 4.80. The summed E-state index contributed by atoms with van der Waals surface area (Å²) in [7, 11) is 2.02. The Morgan fingerprint density at radius 3 is 2.77 bits per heavy atom. The zero-order valence-corrected chi connectivity index (χ0v) is 10.1. The van der Waals surface area contributed by atoms with Gasteiger partial charge in [0.25, 0.3) is 0 Å². The molecule has 0 N–H and O–H groups in total. The van der Waals surface area contributed by atoms with Gasteiger partial charge in [-0.05, 0) is 24.8 Å². The van der Waals surface area contributed by atoms with Crippen LogP contribution in [0.4, 0.5) is 0 Å². The Balaban J connectivity index is 2.70. The minimum Gasteiger partial charge on any atom is -0.272 e. The number of alkyl halides is 1. The SMILES string of the molecule is CCc1cc(CC(C)CBr)n(C)n1. The van der Waals surface area contributed by atoms with Crippen molar-refractivity contribution in [1.82, 2.24) is 9.78 Å². The molecule has 1 rings (SSSR count). The van der Waals surface area contributed by atoms with Crippen LogP contribution >= 0.6 is 15.9 Å². The van der Waals surface area contributed by atoms with Crippen molar-refractivity contribution in [3.05, 3.63) is 17.5 Å². The van der Waals surface area contributed by atoms with Crippen LogP contribution in [0.5, 0.6) is 0 Å². The molecular weight excluding hydrogens is 228 g/mol. The van der Waals surface area contributed by atoms with Crippen molar-refractivity contribution in [2.24, 2.45) is 13.0 Å². The van der Waals surface area contributed by atoms with E-state index in [9.17, 15) is 0 Å². The standard InChI is InChI=1S/C10H17BrN2/c1-4-9-6-10(13(3)12-9)5-8(2)7-11/h6,8H,4-5,7H2,1-3H3. The van der Waals surface area contributed by atoms with Gasteiger partial charge in [0.1, 0.15) is 0 Å². The zero-order valence-electron chi connectivity index (χ0n) is 8.55. The van der Waals surface area contributed by atoms with Gasteiger partial charge >= 0.3 is 0 Å². The highest BCUT2D eigenvalue weighted by atomic mass is 79.9. The third-order valence-electron chi connectivity index (χ3n) is 2.21. The Morgan fingerprint density at radius 1 is 1.62 bits per heavy atom. The molecule has 1 aromatic heterocycles. The van der Waals surface area contributed by atoms with Crippen LogP contribution < -0.4 is 0 Å². The molecule has 1 unspecified atom stereocenters. The van der Waals surface area contributed by atoms with Crippen molar-refractivity contribution in [3.63, 3.8) is 0 Å². The first-order chi connectivity index (χ1) is 6.17. The summed E-state index contributed by atoms with van der Waals surface area (Å²) in [4.78, 5) is 0. The maximum atomic E-state index is 4.42. The van der Waals surface area contributed by atoms with Crippen LogP contribution in [0.25, 0.3) is 0 Å². The molecule has 2 nitrogen and oxygen atoms in total. The van der Waals surface area contributed by atoms with Crippen LogP contribution in [-0.2, 0) is 19.9 Å². The van der Waals surface area contributed by atoms with Crippen LogP contribution in [0.2, 0.25) is 0 Å². The average Bonchev–Trinajstić information content (AvgIpc) is 2.47. The van der Waals surface area contributed by atoms with E-state index in [-0.39, 0.29) is 0 Å². The molecule has 0 saturated carbocycles. The number of nitrogens with zero attached hydrogens (tertiary/aromatic N) is 2. The van der Waals surface area contributed by atoms with Crippen molar-refractivity contribution in [2.45, 2.75) is 26.7 Å². The van der Waals surface area contributed by atoms with Gasteiger partial charge in [0, 0.05) is 18.1 Å². The first kappa shape index (κ1) is 10.8. The summed E-state index contributed by atoms with van der Waals surface area (Å²) in [6.07, 6.45) is 2.13. The van der Waals surface area contributed by atoms with Crippen LogP contribution in [0.15, 0.2) is 6.07 Å². The van der Waals surface area contributed by atoms with Crippen molar-refractivity contribution in [1.29, 1.82) is 0 Å². The lowest BCUT2D eigenvalue weighted by atomic mass is 10.1. The molecule has 1 aromatic rings. The molecule has 3 heteroatoms. The van der Waals surface area contributed by atoms with E-state index in [2.05, 4.69) is 40.9 Å². The van der Waals surface area contributed by atoms with Gasteiger partial charge in [-0.25, -0.2) is 0 Å². The van der Waals surface area contributed by atoms with Crippen LogP contribution in [0.3, 0.4) is 0 Å². The molecular formula is C10H17BrN2. The molecule has 0 bridgehead atoms. The molecule has 0 spiro atoms. The Bertz CT molecular complexity index is 268. The van der Waals surface area contributed by atoms with Gasteiger partial charge in [0.15, 0.2) is 0 Å². The van der Waals surface area contributed by atoms with E-state index in [1.165, 1.54) is 11.4 Å². The molecule has 74 valence electrons. The van der Waals surface area contributed by atoms with Crippen molar-refractivity contribution in [3.8, 4) is 0 Å². The summed E-state index contributed by atoms with van der Waals surface area (Å²) in [5.74, 6) is 0.681. The number of rotatable bonds is 4. The van der Waals surface area contributed by atoms with Crippen LogP contribution in [0.1, 0.15) is 25.2 Å². The van der Waals surface area contributed by atoms with E-state index in [4.69, 9.17) is 0 Å². The fraction of sp³-hybridized carbons (Fsp3) is 0.700. The smallest absolute Gasteiger partial charge is 0.0624 e. The summed E-state index contributed by atoms with van der Waals surface area (Å²) in [5.41, 5.74) is 2.53. The van der Waals surface area contributed by atoms with Crippen LogP contribution in [0, 0.1) is 5.92 Å². The summed E-state index contributed by atoms with van der Waals surface area (Å²) < 4.78 is 2.00. The molecule has 0 aromatic carbocycles. The first-order valence-electron chi connectivity index (χ1n) is 4.75. The van der Waals surface area contributed by atoms with Gasteiger partial charge < -0.3 is 0 Å². The van der Waals surface area contributed by atoms with E-state index in [0.717, 1.165) is 18.2 Å². The molecule has 0 aliphatic carbocycles. The molecule has 13 heavy (non-hydrogen) atoms. The maximum absolute atomic E-state index is 4.42. The van der Waals surface area contributed by atoms with Gasteiger partial charge in [0.05, 0.1) is 5.69 Å². The molecule has 0 fully saturated rings. The monoisotopic (exact) mass is 244 g/mol. The minimum absolute atomic E-state index is 0.681. The number of aromatic nitrogens is 2. The van der Waals surface area contributed by atoms with Crippen LogP contribution in [-0.4, -0.2) is 15.1 Å². The van der Waals surface area contributed by atoms with E-state index < -0.39 is 0 Å². The molecule has 0 saturated heterocycles. The lowest BCUT2D eigenvalue weighted by Gasteiger charge is -2.06. The summed E-state index contributed by atoms with van der Waals surface area (Å²) in [6.45, 7) is 4.38. The predicted molar refractivity (Wildman–Crippen MR) is 59.2 cm³/mol. The summed E-state index contributed by atoms with van der Waals surface area (Å²) in [6, 6.07) is 2.21. The fourth-order valence-corrected chi connectivity index (χ4v) is 1.58. The lowest BCUT2D eigenvalue weighted by molar-refractivity contribution is 0.604. The van der Waals surface area contributed by atoms with Gasteiger partial charge in [-0.1, -0.05) is 29.8 Å². The van der Waals surface area contributed by atoms with Gasteiger partial charge in [-0.2, -0.15) is 5.10 Å². The summed E-state index contributed by atoms with van der Waals surface area (Å²) >= 11 is 3.49. The number of aryl methyl sites for hydroxylation is 2. The molecule has 0 amide bonds. The topological polar surface area (TPSA) is 17.8 Å². The van der Waals surface area contributed by atoms with Crippen molar-refractivity contribution >= 4 is 15.9 Å². The lowest BCUT2D eigenvalue weighted by Crippen LogP contribution is -2.05. The second-order valence-electron chi connectivity index (χ2n) is 3.57. The number of halogens is 1. The predicted octanol–water partition coefficient (Wildman–Crippen LogP) is 2.56.